The smallest absolute Gasteiger partial charge is 0.251 e. The summed E-state index contributed by atoms with van der Waals surface area (Å²) in [7, 11) is -3.91. The van der Waals surface area contributed by atoms with E-state index in [4.69, 9.17) is 17.3 Å². The van der Waals surface area contributed by atoms with Crippen LogP contribution in [0.4, 0.5) is 0 Å². The van der Waals surface area contributed by atoms with E-state index >= 15 is 0 Å². The van der Waals surface area contributed by atoms with E-state index < -0.39 is 26.3 Å². The first kappa shape index (κ1) is 20.8. The molecule has 0 saturated heterocycles. The van der Waals surface area contributed by atoms with Gasteiger partial charge in [-0.1, -0.05) is 23.1 Å². The second-order valence-electron chi connectivity index (χ2n) is 5.07. The highest BCUT2D eigenvalue weighted by Crippen LogP contribution is 2.13. The number of sulfonamides is 1. The summed E-state index contributed by atoms with van der Waals surface area (Å²) in [5, 5.41) is 8.42. The van der Waals surface area contributed by atoms with Crippen LogP contribution in [0.3, 0.4) is 0 Å². The molecule has 4 N–H and O–H groups in total. The maximum atomic E-state index is 12.3. The zero-order valence-electron chi connectivity index (χ0n) is 13.3. The first-order chi connectivity index (χ1) is 11.6. The predicted molar refractivity (Wildman–Crippen MR) is 92.0 cm³/mol. The minimum atomic E-state index is -3.91. The van der Waals surface area contributed by atoms with E-state index in [2.05, 4.69) is 9.71 Å². The largest absolute Gasteiger partial charge is 0.365 e. The second kappa shape index (κ2) is 9.30. The number of halogens is 1. The van der Waals surface area contributed by atoms with Crippen LogP contribution in [0.1, 0.15) is 18.4 Å². The van der Waals surface area contributed by atoms with E-state index in [1.165, 1.54) is 12.1 Å². The van der Waals surface area contributed by atoms with Crippen LogP contribution in [0.25, 0.3) is 0 Å². The number of carbonyl (C=O) groups excluding carboxylic acids is 1. The fourth-order valence-corrected chi connectivity index (χ4v) is 3.27. The van der Waals surface area contributed by atoms with Gasteiger partial charge in [-0.3, -0.25) is 4.79 Å². The standard InChI is InChI=1S/C13H18ClN5O5S/c1-9-4-6-10(7-5-9)25(23,24)18-11(12(14)20)3-2-8-16-13(15)17-19(21)22/h4-7,11,18H,2-3,8H2,1H3,(H3,15,16,17)/t11-/m0/s1. The van der Waals surface area contributed by atoms with Gasteiger partial charge in [0.1, 0.15) is 0 Å². The van der Waals surface area contributed by atoms with Gasteiger partial charge in [-0.05, 0) is 43.5 Å². The average molecular weight is 392 g/mol. The number of benzene rings is 1. The number of hydrogen-bond acceptors (Lipinski definition) is 6. The van der Waals surface area contributed by atoms with Crippen molar-refractivity contribution in [2.24, 2.45) is 10.7 Å². The lowest BCUT2D eigenvalue weighted by Crippen LogP contribution is -2.39. The quantitative estimate of drug-likeness (QED) is 0.136. The van der Waals surface area contributed by atoms with E-state index in [-0.39, 0.29) is 30.2 Å². The van der Waals surface area contributed by atoms with E-state index in [1.54, 1.807) is 17.6 Å². The molecule has 0 aliphatic heterocycles. The summed E-state index contributed by atoms with van der Waals surface area (Å²) < 4.78 is 26.8. The topological polar surface area (TPSA) is 157 Å². The normalized spacial score (nSPS) is 13.3. The SMILES string of the molecule is Cc1ccc(S(=O)(=O)N[C@@H](CCCN=C(N)N[N+](=O)[O-])C(=O)Cl)cc1. The Balaban J connectivity index is 2.67. The molecule has 0 aliphatic carbocycles. The zero-order chi connectivity index (χ0) is 19.0. The predicted octanol–water partition coefficient (Wildman–Crippen LogP) is 0.284. The number of aliphatic imine (C=N–C) groups is 1. The fraction of sp³-hybridized carbons (Fsp3) is 0.385. The van der Waals surface area contributed by atoms with Crippen molar-refractivity contribution in [3.8, 4) is 0 Å². The van der Waals surface area contributed by atoms with Gasteiger partial charge in [-0.15, -0.1) is 0 Å². The summed E-state index contributed by atoms with van der Waals surface area (Å²) in [6, 6.07) is 4.95. The van der Waals surface area contributed by atoms with Crippen LogP contribution in [0.5, 0.6) is 0 Å². The third-order valence-electron chi connectivity index (χ3n) is 3.04. The van der Waals surface area contributed by atoms with Crippen molar-refractivity contribution in [3.63, 3.8) is 0 Å². The first-order valence-corrected chi connectivity index (χ1v) is 8.97. The number of hydrogen-bond donors (Lipinski definition) is 3. The van der Waals surface area contributed by atoms with Gasteiger partial charge < -0.3 is 5.73 Å². The lowest BCUT2D eigenvalue weighted by Gasteiger charge is -2.14. The molecule has 0 saturated carbocycles. The molecule has 1 rings (SSSR count). The molecule has 0 heterocycles. The lowest BCUT2D eigenvalue weighted by atomic mass is 10.2. The minimum Gasteiger partial charge on any atom is -0.365 e. The number of nitrogens with zero attached hydrogens (tertiary/aromatic N) is 2. The molecule has 0 radical (unpaired) electrons. The second-order valence-corrected chi connectivity index (χ2v) is 7.16. The number of nitrogens with two attached hydrogens (primary N) is 1. The summed E-state index contributed by atoms with van der Waals surface area (Å²) >= 11 is 5.44. The number of nitro groups is 1. The summed E-state index contributed by atoms with van der Waals surface area (Å²) in [6.07, 6.45) is 0.294. The maximum Gasteiger partial charge on any atom is 0.251 e. The molecular weight excluding hydrogens is 374 g/mol. The van der Waals surface area contributed by atoms with E-state index in [9.17, 15) is 23.3 Å². The van der Waals surface area contributed by atoms with Crippen molar-refractivity contribution in [2.75, 3.05) is 6.54 Å². The Hall–Kier alpha value is -2.24. The Morgan fingerprint density at radius 1 is 1.40 bits per heavy atom. The molecule has 0 spiro atoms. The molecule has 0 bridgehead atoms. The number of aryl methyl sites for hydroxylation is 1. The Bertz CT molecular complexity index is 751. The molecule has 0 fully saturated rings. The molecule has 0 amide bonds. The van der Waals surface area contributed by atoms with Crippen LogP contribution >= 0.6 is 11.6 Å². The Morgan fingerprint density at radius 3 is 2.52 bits per heavy atom. The molecule has 10 nitrogen and oxygen atoms in total. The molecule has 1 atom stereocenters. The van der Waals surface area contributed by atoms with Crippen molar-refractivity contribution in [3.05, 3.63) is 39.9 Å². The number of nitrogens with one attached hydrogen (secondary N) is 2. The molecule has 12 heteroatoms. The van der Waals surface area contributed by atoms with Gasteiger partial charge in [0, 0.05) is 6.54 Å². The number of guanidine groups is 1. The van der Waals surface area contributed by atoms with Crippen molar-refractivity contribution < 1.29 is 18.2 Å². The molecular formula is C13H18ClN5O5S. The van der Waals surface area contributed by atoms with Crippen LogP contribution < -0.4 is 15.9 Å². The van der Waals surface area contributed by atoms with Crippen LogP contribution in [-0.2, 0) is 14.8 Å². The highest BCUT2D eigenvalue weighted by molar-refractivity contribution is 7.89. The third-order valence-corrected chi connectivity index (χ3v) is 4.79. The van der Waals surface area contributed by atoms with Crippen molar-refractivity contribution in [2.45, 2.75) is 30.7 Å². The lowest BCUT2D eigenvalue weighted by molar-refractivity contribution is -0.525. The molecule has 0 unspecified atom stereocenters. The zero-order valence-corrected chi connectivity index (χ0v) is 14.9. The van der Waals surface area contributed by atoms with Crippen LogP contribution in [0.15, 0.2) is 34.2 Å². The van der Waals surface area contributed by atoms with Crippen molar-refractivity contribution >= 4 is 32.8 Å². The molecule has 0 aromatic heterocycles. The van der Waals surface area contributed by atoms with Gasteiger partial charge in [0.15, 0.2) is 5.03 Å². The summed E-state index contributed by atoms with van der Waals surface area (Å²) in [5.41, 5.74) is 7.79. The van der Waals surface area contributed by atoms with Crippen molar-refractivity contribution in [1.29, 1.82) is 0 Å². The van der Waals surface area contributed by atoms with E-state index in [0.29, 0.717) is 0 Å². The summed E-state index contributed by atoms with van der Waals surface area (Å²) in [6.45, 7) is 1.87. The fourth-order valence-electron chi connectivity index (χ4n) is 1.82. The van der Waals surface area contributed by atoms with Crippen LogP contribution in [-0.4, -0.2) is 37.2 Å². The Labute approximate surface area is 149 Å². The monoisotopic (exact) mass is 391 g/mol. The maximum absolute atomic E-state index is 12.3. The molecule has 25 heavy (non-hydrogen) atoms. The Kier molecular flexibility index (Phi) is 7.74. The van der Waals surface area contributed by atoms with Gasteiger partial charge in [0.25, 0.3) is 5.96 Å². The molecule has 1 aromatic carbocycles. The van der Waals surface area contributed by atoms with E-state index in [0.717, 1.165) is 5.56 Å². The highest BCUT2D eigenvalue weighted by atomic mass is 35.5. The summed E-state index contributed by atoms with van der Waals surface area (Å²) in [5.74, 6) is -0.390. The van der Waals surface area contributed by atoms with Crippen LogP contribution in [0, 0.1) is 17.0 Å². The first-order valence-electron chi connectivity index (χ1n) is 7.11. The molecule has 138 valence electrons. The van der Waals surface area contributed by atoms with Gasteiger partial charge in [-0.25, -0.2) is 23.5 Å². The summed E-state index contributed by atoms with van der Waals surface area (Å²) in [4.78, 5) is 25.3. The average Bonchev–Trinajstić information content (AvgIpc) is 2.49. The number of rotatable bonds is 9. The van der Waals surface area contributed by atoms with Gasteiger partial charge in [0.2, 0.25) is 15.3 Å². The van der Waals surface area contributed by atoms with Crippen LogP contribution in [0.2, 0.25) is 0 Å². The Morgan fingerprint density at radius 2 is 2.00 bits per heavy atom. The number of hydrazine groups is 1. The third kappa shape index (κ3) is 7.45. The van der Waals surface area contributed by atoms with Gasteiger partial charge >= 0.3 is 0 Å². The van der Waals surface area contributed by atoms with Gasteiger partial charge in [-0.2, -0.15) is 4.72 Å². The molecule has 1 aromatic rings. The number of carbonyl (C=O) groups is 1. The van der Waals surface area contributed by atoms with Crippen molar-refractivity contribution in [1.82, 2.24) is 10.1 Å². The highest BCUT2D eigenvalue weighted by Gasteiger charge is 2.24. The molecule has 0 aliphatic rings. The minimum absolute atomic E-state index is 0.0125. The van der Waals surface area contributed by atoms with Gasteiger partial charge in [0.05, 0.1) is 10.9 Å². The van der Waals surface area contributed by atoms with E-state index in [1.807, 2.05) is 6.92 Å².